The van der Waals surface area contributed by atoms with Crippen molar-refractivity contribution in [2.45, 2.75) is 33.0 Å². The molecule has 6 nitrogen and oxygen atoms in total. The topological polar surface area (TPSA) is 61.6 Å². The summed E-state index contributed by atoms with van der Waals surface area (Å²) in [5, 5.41) is 9.56. The summed E-state index contributed by atoms with van der Waals surface area (Å²) in [5.41, 5.74) is 1.65. The van der Waals surface area contributed by atoms with Crippen LogP contribution in [0.2, 0.25) is 0 Å². The molecule has 2 aliphatic heterocycles. The maximum absolute atomic E-state index is 9.56. The lowest BCUT2D eigenvalue weighted by atomic mass is 10.1. The number of morpholine rings is 2. The van der Waals surface area contributed by atoms with Gasteiger partial charge in [-0.3, -0.25) is 0 Å². The Morgan fingerprint density at radius 1 is 1.13 bits per heavy atom. The van der Waals surface area contributed by atoms with E-state index in [0.717, 1.165) is 43.4 Å². The van der Waals surface area contributed by atoms with Crippen LogP contribution in [0.15, 0.2) is 6.07 Å². The molecule has 3 rings (SSSR count). The quantitative estimate of drug-likeness (QED) is 0.828. The van der Waals surface area contributed by atoms with Crippen molar-refractivity contribution in [1.29, 1.82) is 5.26 Å². The number of ether oxygens (including phenoxy) is 2. The number of pyridine rings is 1. The Labute approximate surface area is 137 Å². The summed E-state index contributed by atoms with van der Waals surface area (Å²) in [6.07, 6.45) is 0.359. The van der Waals surface area contributed by atoms with Gasteiger partial charge in [-0.2, -0.15) is 5.26 Å². The fraction of sp³-hybridized carbons (Fsp3) is 0.647. The predicted octanol–water partition coefficient (Wildman–Crippen LogP) is 1.71. The fourth-order valence-corrected chi connectivity index (χ4v) is 3.21. The SMILES string of the molecule is Cc1cc(N2CCO[C@@H](C)C2)nc(N2CCO[C@@H](C)C2)c1C#N. The van der Waals surface area contributed by atoms with Crippen LogP contribution in [0, 0.1) is 18.3 Å². The van der Waals surface area contributed by atoms with Crippen LogP contribution < -0.4 is 9.80 Å². The zero-order chi connectivity index (χ0) is 16.4. The van der Waals surface area contributed by atoms with E-state index in [0.29, 0.717) is 18.8 Å². The van der Waals surface area contributed by atoms with Crippen LogP contribution in [-0.4, -0.2) is 56.6 Å². The van der Waals surface area contributed by atoms with Crippen molar-refractivity contribution in [1.82, 2.24) is 4.98 Å². The molecule has 2 saturated heterocycles. The summed E-state index contributed by atoms with van der Waals surface area (Å²) < 4.78 is 11.2. The zero-order valence-electron chi connectivity index (χ0n) is 14.1. The normalized spacial score (nSPS) is 25.3. The minimum absolute atomic E-state index is 0.157. The molecular weight excluding hydrogens is 292 g/mol. The van der Waals surface area contributed by atoms with Gasteiger partial charge >= 0.3 is 0 Å². The number of hydrogen-bond acceptors (Lipinski definition) is 6. The molecule has 2 atom stereocenters. The molecule has 0 unspecified atom stereocenters. The summed E-state index contributed by atoms with van der Waals surface area (Å²) in [4.78, 5) is 9.26. The molecule has 6 heteroatoms. The lowest BCUT2D eigenvalue weighted by Gasteiger charge is -2.35. The molecule has 0 aliphatic carbocycles. The number of hydrogen-bond donors (Lipinski definition) is 0. The maximum atomic E-state index is 9.56. The maximum Gasteiger partial charge on any atom is 0.149 e. The zero-order valence-corrected chi connectivity index (χ0v) is 14.1. The second-order valence-electron chi connectivity index (χ2n) is 6.36. The first-order chi connectivity index (χ1) is 11.1. The Balaban J connectivity index is 1.95. The number of aromatic nitrogens is 1. The van der Waals surface area contributed by atoms with E-state index in [2.05, 4.69) is 29.7 Å². The molecule has 0 N–H and O–H groups in total. The number of anilines is 2. The first-order valence-electron chi connectivity index (χ1n) is 8.23. The molecule has 0 aromatic carbocycles. The lowest BCUT2D eigenvalue weighted by Crippen LogP contribution is -2.43. The van der Waals surface area contributed by atoms with Gasteiger partial charge < -0.3 is 19.3 Å². The molecule has 0 radical (unpaired) electrons. The highest BCUT2D eigenvalue weighted by molar-refractivity contribution is 5.63. The second kappa shape index (κ2) is 6.73. The van der Waals surface area contributed by atoms with Gasteiger partial charge in [0.15, 0.2) is 0 Å². The van der Waals surface area contributed by atoms with Crippen LogP contribution in [0.5, 0.6) is 0 Å². The lowest BCUT2D eigenvalue weighted by molar-refractivity contribution is 0.0524. The monoisotopic (exact) mass is 316 g/mol. The number of nitrogens with zero attached hydrogens (tertiary/aromatic N) is 4. The van der Waals surface area contributed by atoms with Crippen LogP contribution >= 0.6 is 0 Å². The molecule has 3 heterocycles. The van der Waals surface area contributed by atoms with Crippen LogP contribution in [0.25, 0.3) is 0 Å². The predicted molar refractivity (Wildman–Crippen MR) is 88.9 cm³/mol. The Hall–Kier alpha value is -1.84. The average Bonchev–Trinajstić information content (AvgIpc) is 2.54. The molecule has 1 aromatic rings. The van der Waals surface area contributed by atoms with Gasteiger partial charge in [-0.25, -0.2) is 4.98 Å². The van der Waals surface area contributed by atoms with Gasteiger partial charge in [0.2, 0.25) is 0 Å². The average molecular weight is 316 g/mol. The third kappa shape index (κ3) is 3.41. The Bertz CT molecular complexity index is 613. The van der Waals surface area contributed by atoms with Crippen LogP contribution in [0.4, 0.5) is 11.6 Å². The molecule has 2 aliphatic rings. The number of aryl methyl sites for hydroxylation is 1. The van der Waals surface area contributed by atoms with E-state index in [1.54, 1.807) is 0 Å². The molecule has 124 valence electrons. The van der Waals surface area contributed by atoms with E-state index in [1.165, 1.54) is 0 Å². The van der Waals surface area contributed by atoms with Gasteiger partial charge in [-0.05, 0) is 32.4 Å². The molecule has 0 bridgehead atoms. The van der Waals surface area contributed by atoms with Crippen molar-refractivity contribution in [2.75, 3.05) is 49.2 Å². The van der Waals surface area contributed by atoms with E-state index in [1.807, 2.05) is 13.0 Å². The van der Waals surface area contributed by atoms with Gasteiger partial charge in [-0.1, -0.05) is 0 Å². The first-order valence-corrected chi connectivity index (χ1v) is 8.23. The standard InChI is InChI=1S/C17H24N4O2/c1-12-8-16(20-4-6-22-13(2)10-20)19-17(15(12)9-18)21-5-7-23-14(3)11-21/h8,13-14H,4-7,10-11H2,1-3H3/t13-,14-/m0/s1. The second-order valence-corrected chi connectivity index (χ2v) is 6.36. The summed E-state index contributed by atoms with van der Waals surface area (Å²) >= 11 is 0. The van der Waals surface area contributed by atoms with Crippen molar-refractivity contribution in [2.24, 2.45) is 0 Å². The summed E-state index contributed by atoms with van der Waals surface area (Å²) in [5.74, 6) is 1.72. The Morgan fingerprint density at radius 2 is 1.74 bits per heavy atom. The van der Waals surface area contributed by atoms with Crippen molar-refractivity contribution in [3.05, 3.63) is 17.2 Å². The molecule has 1 aromatic heterocycles. The minimum Gasteiger partial charge on any atom is -0.375 e. The first kappa shape index (κ1) is 16.0. The van der Waals surface area contributed by atoms with Crippen molar-refractivity contribution >= 4 is 11.6 Å². The highest BCUT2D eigenvalue weighted by Gasteiger charge is 2.25. The largest absolute Gasteiger partial charge is 0.375 e. The van der Waals surface area contributed by atoms with E-state index in [4.69, 9.17) is 14.5 Å². The molecule has 0 amide bonds. The Kier molecular flexibility index (Phi) is 4.69. The summed E-state index contributed by atoms with van der Waals surface area (Å²) in [7, 11) is 0. The van der Waals surface area contributed by atoms with Gasteiger partial charge in [0.05, 0.1) is 31.0 Å². The number of nitriles is 1. The summed E-state index contributed by atoms with van der Waals surface area (Å²) in [6, 6.07) is 4.34. The van der Waals surface area contributed by atoms with E-state index >= 15 is 0 Å². The van der Waals surface area contributed by atoms with Crippen molar-refractivity contribution in [3.63, 3.8) is 0 Å². The molecule has 0 saturated carbocycles. The van der Waals surface area contributed by atoms with E-state index < -0.39 is 0 Å². The highest BCUT2D eigenvalue weighted by Crippen LogP contribution is 2.28. The molecular formula is C17H24N4O2. The van der Waals surface area contributed by atoms with Crippen molar-refractivity contribution in [3.8, 4) is 6.07 Å². The molecule has 2 fully saturated rings. The smallest absolute Gasteiger partial charge is 0.149 e. The van der Waals surface area contributed by atoms with Gasteiger partial charge in [-0.15, -0.1) is 0 Å². The fourth-order valence-electron chi connectivity index (χ4n) is 3.21. The van der Waals surface area contributed by atoms with E-state index in [-0.39, 0.29) is 12.2 Å². The third-order valence-electron chi connectivity index (χ3n) is 4.40. The molecule has 23 heavy (non-hydrogen) atoms. The Morgan fingerprint density at radius 3 is 2.35 bits per heavy atom. The van der Waals surface area contributed by atoms with Crippen LogP contribution in [0.3, 0.4) is 0 Å². The van der Waals surface area contributed by atoms with Crippen LogP contribution in [0.1, 0.15) is 25.0 Å². The van der Waals surface area contributed by atoms with Gasteiger partial charge in [0.25, 0.3) is 0 Å². The van der Waals surface area contributed by atoms with E-state index in [9.17, 15) is 5.26 Å². The summed E-state index contributed by atoms with van der Waals surface area (Å²) in [6.45, 7) is 10.7. The minimum atomic E-state index is 0.157. The van der Waals surface area contributed by atoms with Gasteiger partial charge in [0, 0.05) is 26.2 Å². The van der Waals surface area contributed by atoms with Crippen molar-refractivity contribution < 1.29 is 9.47 Å². The van der Waals surface area contributed by atoms with Crippen LogP contribution in [-0.2, 0) is 9.47 Å². The van der Waals surface area contributed by atoms with Gasteiger partial charge in [0.1, 0.15) is 17.7 Å². The highest BCUT2D eigenvalue weighted by atomic mass is 16.5. The number of rotatable bonds is 2. The third-order valence-corrected chi connectivity index (χ3v) is 4.40. The molecule has 0 spiro atoms.